The lowest BCUT2D eigenvalue weighted by Gasteiger charge is -2.29. The predicted molar refractivity (Wildman–Crippen MR) is 132 cm³/mol. The van der Waals surface area contributed by atoms with Gasteiger partial charge < -0.3 is 24.2 Å². The van der Waals surface area contributed by atoms with Gasteiger partial charge in [0.1, 0.15) is 5.76 Å². The average Bonchev–Trinajstić information content (AvgIpc) is 3.14. The topological polar surface area (TPSA) is 88.5 Å². The Kier molecular flexibility index (Phi) is 7.95. The van der Waals surface area contributed by atoms with Crippen molar-refractivity contribution in [1.29, 1.82) is 0 Å². The van der Waals surface area contributed by atoms with Gasteiger partial charge in [0.25, 0.3) is 11.7 Å². The molecule has 186 valence electrons. The van der Waals surface area contributed by atoms with Gasteiger partial charge in [0.2, 0.25) is 0 Å². The molecule has 1 amide bonds. The number of carbonyl (C=O) groups is 2. The van der Waals surface area contributed by atoms with E-state index in [1.165, 1.54) is 19.1 Å². The normalized spacial score (nSPS) is 20.3. The molecule has 2 saturated heterocycles. The smallest absolute Gasteiger partial charge is 0.295 e. The number of Topliss-reactive ketones (excluding diaryl/α,β-unsaturated/α-hetero) is 1. The highest BCUT2D eigenvalue weighted by Crippen LogP contribution is 2.42. The molecule has 0 unspecified atom stereocenters. The molecule has 1 N–H and O–H groups in total. The first kappa shape index (κ1) is 25.0. The minimum absolute atomic E-state index is 0.0379. The number of methoxy groups -OCH3 is 2. The second-order valence-electron chi connectivity index (χ2n) is 8.42. The molecule has 0 radical (unpaired) electrons. The fourth-order valence-corrected chi connectivity index (χ4v) is 4.66. The van der Waals surface area contributed by atoms with E-state index < -0.39 is 17.7 Å². The van der Waals surface area contributed by atoms with Crippen LogP contribution < -0.4 is 9.47 Å². The highest BCUT2D eigenvalue weighted by atomic mass is 35.5. The van der Waals surface area contributed by atoms with E-state index in [-0.39, 0.29) is 11.3 Å². The van der Waals surface area contributed by atoms with Crippen LogP contribution in [-0.4, -0.2) is 80.2 Å². The molecule has 1 atom stereocenters. The summed E-state index contributed by atoms with van der Waals surface area (Å²) < 4.78 is 16.2. The van der Waals surface area contributed by atoms with E-state index in [9.17, 15) is 14.7 Å². The minimum atomic E-state index is -0.768. The molecule has 8 nitrogen and oxygen atoms in total. The van der Waals surface area contributed by atoms with E-state index in [1.54, 1.807) is 42.5 Å². The maximum Gasteiger partial charge on any atom is 0.295 e. The van der Waals surface area contributed by atoms with Crippen molar-refractivity contribution in [2.24, 2.45) is 0 Å². The van der Waals surface area contributed by atoms with Crippen molar-refractivity contribution in [1.82, 2.24) is 9.80 Å². The van der Waals surface area contributed by atoms with Crippen molar-refractivity contribution >= 4 is 29.1 Å². The maximum absolute atomic E-state index is 13.2. The van der Waals surface area contributed by atoms with E-state index >= 15 is 0 Å². The fraction of sp³-hybridized carbons (Fsp3) is 0.385. The summed E-state index contributed by atoms with van der Waals surface area (Å²) in [5.74, 6) is -0.602. The van der Waals surface area contributed by atoms with Crippen molar-refractivity contribution in [3.05, 3.63) is 64.2 Å². The standard InChI is InChI=1S/C26H29ClN2O6/c1-33-20-9-6-18(16-21(20)34-2)23-22(24(30)17-4-7-19(27)8-5-17)25(31)26(32)29(23)11-3-10-28-12-14-35-15-13-28/h4-9,16,23,30H,3,10-15H2,1-2H3/t23-/m1/s1. The lowest BCUT2D eigenvalue weighted by molar-refractivity contribution is -0.140. The average molecular weight is 501 g/mol. The monoisotopic (exact) mass is 500 g/mol. The summed E-state index contributed by atoms with van der Waals surface area (Å²) in [6.07, 6.45) is 0.678. The molecule has 9 heteroatoms. The molecule has 2 aliphatic heterocycles. The molecule has 2 heterocycles. The molecular weight excluding hydrogens is 472 g/mol. The molecule has 2 aromatic carbocycles. The first-order valence-corrected chi connectivity index (χ1v) is 11.9. The lowest BCUT2D eigenvalue weighted by atomic mass is 9.95. The van der Waals surface area contributed by atoms with E-state index in [0.29, 0.717) is 53.8 Å². The van der Waals surface area contributed by atoms with E-state index in [4.69, 9.17) is 25.8 Å². The van der Waals surface area contributed by atoms with Crippen LogP contribution in [-0.2, 0) is 14.3 Å². The van der Waals surface area contributed by atoms with Crippen LogP contribution in [0.25, 0.3) is 5.76 Å². The van der Waals surface area contributed by atoms with Gasteiger partial charge in [0.05, 0.1) is 39.0 Å². The second-order valence-corrected chi connectivity index (χ2v) is 8.86. The fourth-order valence-electron chi connectivity index (χ4n) is 4.53. The summed E-state index contributed by atoms with van der Waals surface area (Å²) in [5.41, 5.74) is 1.09. The zero-order chi connectivity index (χ0) is 24.9. The number of nitrogens with zero attached hydrogens (tertiary/aromatic N) is 2. The molecule has 2 aromatic rings. The zero-order valence-corrected chi connectivity index (χ0v) is 20.6. The largest absolute Gasteiger partial charge is 0.507 e. The van der Waals surface area contributed by atoms with Crippen LogP contribution in [0.5, 0.6) is 11.5 Å². The van der Waals surface area contributed by atoms with Gasteiger partial charge in [-0.15, -0.1) is 0 Å². The van der Waals surface area contributed by atoms with Crippen LogP contribution in [0.1, 0.15) is 23.6 Å². The molecule has 2 aliphatic rings. The molecule has 4 rings (SSSR count). The number of aliphatic hydroxyl groups is 1. The van der Waals surface area contributed by atoms with Crippen LogP contribution in [0.2, 0.25) is 5.02 Å². The molecule has 0 saturated carbocycles. The summed E-state index contributed by atoms with van der Waals surface area (Å²) in [4.78, 5) is 30.2. The van der Waals surface area contributed by atoms with Crippen molar-refractivity contribution in [3.8, 4) is 11.5 Å². The van der Waals surface area contributed by atoms with Crippen LogP contribution in [0.3, 0.4) is 0 Å². The van der Waals surface area contributed by atoms with E-state index in [1.807, 2.05) is 0 Å². The quantitative estimate of drug-likeness (QED) is 0.337. The SMILES string of the molecule is COc1ccc([C@@H]2C(=C(O)c3ccc(Cl)cc3)C(=O)C(=O)N2CCCN2CCOCC2)cc1OC. The third kappa shape index (κ3) is 5.29. The summed E-state index contributed by atoms with van der Waals surface area (Å²) in [6.45, 7) is 4.21. The number of rotatable bonds is 8. The molecule has 35 heavy (non-hydrogen) atoms. The number of hydrogen-bond donors (Lipinski definition) is 1. The third-order valence-electron chi connectivity index (χ3n) is 6.36. The van der Waals surface area contributed by atoms with Gasteiger partial charge in [-0.2, -0.15) is 0 Å². The Morgan fingerprint density at radius 1 is 1.03 bits per heavy atom. The van der Waals surface area contributed by atoms with E-state index in [0.717, 1.165) is 19.6 Å². The van der Waals surface area contributed by atoms with Crippen LogP contribution in [0.4, 0.5) is 0 Å². The number of ketones is 1. The highest BCUT2D eigenvalue weighted by Gasteiger charge is 2.46. The molecule has 2 fully saturated rings. The first-order valence-electron chi connectivity index (χ1n) is 11.5. The van der Waals surface area contributed by atoms with Crippen LogP contribution in [0.15, 0.2) is 48.0 Å². The Morgan fingerprint density at radius 3 is 2.37 bits per heavy atom. The summed E-state index contributed by atoms with van der Waals surface area (Å²) in [7, 11) is 3.06. The van der Waals surface area contributed by atoms with Gasteiger partial charge in [-0.3, -0.25) is 14.5 Å². The Morgan fingerprint density at radius 2 is 1.71 bits per heavy atom. The minimum Gasteiger partial charge on any atom is -0.507 e. The highest BCUT2D eigenvalue weighted by molar-refractivity contribution is 6.46. The number of morpholine rings is 1. The number of halogens is 1. The molecule has 0 spiro atoms. The number of hydrogen-bond acceptors (Lipinski definition) is 7. The number of likely N-dealkylation sites (tertiary alicyclic amines) is 1. The number of benzene rings is 2. The van der Waals surface area contributed by atoms with E-state index in [2.05, 4.69) is 4.90 Å². The van der Waals surface area contributed by atoms with Gasteiger partial charge in [-0.05, 0) is 48.4 Å². The Labute approximate surface area is 209 Å². The van der Waals surface area contributed by atoms with Crippen LogP contribution >= 0.6 is 11.6 Å². The van der Waals surface area contributed by atoms with Gasteiger partial charge in [0.15, 0.2) is 11.5 Å². The van der Waals surface area contributed by atoms with Gasteiger partial charge in [0, 0.05) is 36.8 Å². The zero-order valence-electron chi connectivity index (χ0n) is 19.8. The number of amides is 1. The van der Waals surface area contributed by atoms with Gasteiger partial charge in [-0.25, -0.2) is 0 Å². The Balaban J connectivity index is 1.71. The van der Waals surface area contributed by atoms with Crippen molar-refractivity contribution in [2.75, 3.05) is 53.6 Å². The van der Waals surface area contributed by atoms with Crippen molar-refractivity contribution in [3.63, 3.8) is 0 Å². The third-order valence-corrected chi connectivity index (χ3v) is 6.61. The first-order chi connectivity index (χ1) is 16.9. The summed E-state index contributed by atoms with van der Waals surface area (Å²) in [6, 6.07) is 11.0. The van der Waals surface area contributed by atoms with Crippen LogP contribution in [0, 0.1) is 0 Å². The number of carbonyl (C=O) groups excluding carboxylic acids is 2. The summed E-state index contributed by atoms with van der Waals surface area (Å²) in [5, 5.41) is 11.7. The number of ether oxygens (including phenoxy) is 3. The lowest BCUT2D eigenvalue weighted by Crippen LogP contribution is -2.38. The van der Waals surface area contributed by atoms with Gasteiger partial charge in [-0.1, -0.05) is 17.7 Å². The molecule has 0 aliphatic carbocycles. The van der Waals surface area contributed by atoms with Gasteiger partial charge >= 0.3 is 0 Å². The molecule has 0 aromatic heterocycles. The predicted octanol–water partition coefficient (Wildman–Crippen LogP) is 3.50. The Hall–Kier alpha value is -3.07. The molecule has 0 bridgehead atoms. The number of aliphatic hydroxyl groups excluding tert-OH is 1. The molecular formula is C26H29ClN2O6. The maximum atomic E-state index is 13.2. The summed E-state index contributed by atoms with van der Waals surface area (Å²) >= 11 is 5.99. The second kappa shape index (κ2) is 11.1. The van der Waals surface area contributed by atoms with Crippen molar-refractivity contribution in [2.45, 2.75) is 12.5 Å². The van der Waals surface area contributed by atoms with Crippen molar-refractivity contribution < 1.29 is 28.9 Å². The Bertz CT molecular complexity index is 1110.